The molecule has 1 aromatic carbocycles. The molecule has 0 aliphatic carbocycles. The number of piperidine rings is 1. The standard InChI is InChI=1S/C21H28BN3O4/c1-20(2)21(3,4)29-22(28-20)14-7-8-17-16(12-14)18(9-10-23-17)25-11-5-6-15(13-25)24-19(26)27/h7-10,12,15,24H,5-6,11,13H2,1-4H3,(H,26,27). The maximum Gasteiger partial charge on any atom is 0.494 e. The summed E-state index contributed by atoms with van der Waals surface area (Å²) >= 11 is 0. The average Bonchev–Trinajstić information content (AvgIpc) is 2.88. The molecule has 1 aromatic heterocycles. The van der Waals surface area contributed by atoms with E-state index in [1.807, 2.05) is 45.9 Å². The average molecular weight is 397 g/mol. The summed E-state index contributed by atoms with van der Waals surface area (Å²) in [5.41, 5.74) is 2.13. The first kappa shape index (κ1) is 20.0. The van der Waals surface area contributed by atoms with Gasteiger partial charge in [0.05, 0.1) is 16.7 Å². The highest BCUT2D eigenvalue weighted by Gasteiger charge is 2.51. The molecule has 4 rings (SSSR count). The summed E-state index contributed by atoms with van der Waals surface area (Å²) in [6, 6.07) is 8.02. The van der Waals surface area contributed by atoms with Gasteiger partial charge in [0.25, 0.3) is 0 Å². The molecule has 154 valence electrons. The molecular weight excluding hydrogens is 369 g/mol. The number of nitrogens with one attached hydrogen (secondary N) is 1. The number of anilines is 1. The van der Waals surface area contributed by atoms with Gasteiger partial charge in [-0.2, -0.15) is 0 Å². The predicted octanol–water partition coefficient (Wildman–Crippen LogP) is 2.77. The number of pyridine rings is 1. The summed E-state index contributed by atoms with van der Waals surface area (Å²) in [6.45, 7) is 9.72. The van der Waals surface area contributed by atoms with Crippen LogP contribution in [0.25, 0.3) is 10.9 Å². The number of hydrogen-bond donors (Lipinski definition) is 2. The number of carbonyl (C=O) groups is 1. The van der Waals surface area contributed by atoms with Gasteiger partial charge in [-0.25, -0.2) is 4.79 Å². The Morgan fingerprint density at radius 3 is 2.66 bits per heavy atom. The molecule has 2 N–H and O–H groups in total. The van der Waals surface area contributed by atoms with Crippen LogP contribution in [0.1, 0.15) is 40.5 Å². The molecule has 1 atom stereocenters. The first-order valence-corrected chi connectivity index (χ1v) is 10.1. The molecule has 3 heterocycles. The summed E-state index contributed by atoms with van der Waals surface area (Å²) in [5.74, 6) is 0. The fraction of sp³-hybridized carbons (Fsp3) is 0.524. The lowest BCUT2D eigenvalue weighted by molar-refractivity contribution is 0.00578. The van der Waals surface area contributed by atoms with Gasteiger partial charge in [-0.1, -0.05) is 12.1 Å². The van der Waals surface area contributed by atoms with E-state index in [2.05, 4.69) is 21.3 Å². The van der Waals surface area contributed by atoms with Crippen molar-refractivity contribution in [2.45, 2.75) is 57.8 Å². The van der Waals surface area contributed by atoms with E-state index in [1.165, 1.54) is 0 Å². The Bertz CT molecular complexity index is 917. The molecular formula is C21H28BN3O4. The van der Waals surface area contributed by atoms with Crippen LogP contribution in [0.15, 0.2) is 30.5 Å². The molecule has 2 aliphatic heterocycles. The van der Waals surface area contributed by atoms with E-state index in [9.17, 15) is 4.79 Å². The van der Waals surface area contributed by atoms with Crippen molar-refractivity contribution >= 4 is 35.3 Å². The molecule has 1 amide bonds. The van der Waals surface area contributed by atoms with E-state index in [-0.39, 0.29) is 6.04 Å². The van der Waals surface area contributed by atoms with Crippen LogP contribution < -0.4 is 15.7 Å². The van der Waals surface area contributed by atoms with E-state index in [4.69, 9.17) is 14.4 Å². The van der Waals surface area contributed by atoms with Crippen molar-refractivity contribution in [1.82, 2.24) is 10.3 Å². The third-order valence-corrected chi connectivity index (χ3v) is 6.36. The third-order valence-electron chi connectivity index (χ3n) is 6.36. The highest BCUT2D eigenvalue weighted by atomic mass is 16.7. The topological polar surface area (TPSA) is 83.9 Å². The molecule has 2 fully saturated rings. The zero-order valence-electron chi connectivity index (χ0n) is 17.4. The third kappa shape index (κ3) is 3.79. The van der Waals surface area contributed by atoms with Gasteiger partial charge in [0.15, 0.2) is 0 Å². The molecule has 0 radical (unpaired) electrons. The maximum atomic E-state index is 11.1. The van der Waals surface area contributed by atoms with Gasteiger partial charge >= 0.3 is 13.2 Å². The van der Waals surface area contributed by atoms with Gasteiger partial charge in [0, 0.05) is 36.4 Å². The second-order valence-electron chi connectivity index (χ2n) is 8.93. The molecule has 7 nitrogen and oxygen atoms in total. The first-order valence-electron chi connectivity index (χ1n) is 10.1. The van der Waals surface area contributed by atoms with Gasteiger partial charge in [0.2, 0.25) is 0 Å². The van der Waals surface area contributed by atoms with Crippen LogP contribution in [0.5, 0.6) is 0 Å². The van der Waals surface area contributed by atoms with Crippen LogP contribution in [-0.2, 0) is 9.31 Å². The van der Waals surface area contributed by atoms with Gasteiger partial charge in [0.1, 0.15) is 0 Å². The minimum Gasteiger partial charge on any atom is -0.465 e. The SMILES string of the molecule is CC1(C)OB(c2ccc3nccc(N4CCCC(NC(=O)O)C4)c3c2)OC1(C)C. The quantitative estimate of drug-likeness (QED) is 0.775. The van der Waals surface area contributed by atoms with E-state index in [0.717, 1.165) is 41.4 Å². The summed E-state index contributed by atoms with van der Waals surface area (Å²) < 4.78 is 12.4. The van der Waals surface area contributed by atoms with Crippen molar-refractivity contribution in [3.63, 3.8) is 0 Å². The Balaban J connectivity index is 1.66. The van der Waals surface area contributed by atoms with Crippen LogP contribution in [0, 0.1) is 0 Å². The van der Waals surface area contributed by atoms with Crippen molar-refractivity contribution in [1.29, 1.82) is 0 Å². The number of benzene rings is 1. The molecule has 2 aromatic rings. The van der Waals surface area contributed by atoms with Crippen LogP contribution in [0.3, 0.4) is 0 Å². The number of hydrogen-bond acceptors (Lipinski definition) is 5. The van der Waals surface area contributed by atoms with Gasteiger partial charge in [-0.3, -0.25) is 4.98 Å². The van der Waals surface area contributed by atoms with Gasteiger partial charge in [-0.05, 0) is 58.1 Å². The number of rotatable bonds is 3. The number of amides is 1. The summed E-state index contributed by atoms with van der Waals surface area (Å²) in [5, 5.41) is 12.7. The summed E-state index contributed by atoms with van der Waals surface area (Å²) in [7, 11) is -0.430. The Morgan fingerprint density at radius 2 is 1.97 bits per heavy atom. The molecule has 0 spiro atoms. The molecule has 0 bridgehead atoms. The lowest BCUT2D eigenvalue weighted by Gasteiger charge is -2.34. The van der Waals surface area contributed by atoms with Crippen LogP contribution in [-0.4, -0.2) is 53.6 Å². The van der Waals surface area contributed by atoms with Crippen molar-refractivity contribution in [2.75, 3.05) is 18.0 Å². The molecule has 1 unspecified atom stereocenters. The van der Waals surface area contributed by atoms with Crippen molar-refractivity contribution in [3.05, 3.63) is 30.5 Å². The van der Waals surface area contributed by atoms with Crippen LogP contribution in [0.4, 0.5) is 10.5 Å². The molecule has 29 heavy (non-hydrogen) atoms. The van der Waals surface area contributed by atoms with Gasteiger partial charge < -0.3 is 24.6 Å². The van der Waals surface area contributed by atoms with E-state index >= 15 is 0 Å². The van der Waals surface area contributed by atoms with Crippen LogP contribution in [0.2, 0.25) is 0 Å². The Kier molecular flexibility index (Phi) is 4.95. The van der Waals surface area contributed by atoms with E-state index < -0.39 is 24.4 Å². The van der Waals surface area contributed by atoms with Crippen molar-refractivity contribution < 1.29 is 19.2 Å². The number of carboxylic acid groups (broad SMARTS) is 1. The molecule has 2 saturated heterocycles. The Morgan fingerprint density at radius 1 is 1.24 bits per heavy atom. The fourth-order valence-electron chi connectivity index (χ4n) is 4.04. The van der Waals surface area contributed by atoms with Crippen LogP contribution >= 0.6 is 0 Å². The predicted molar refractivity (Wildman–Crippen MR) is 114 cm³/mol. The Hall–Kier alpha value is -2.32. The lowest BCUT2D eigenvalue weighted by Crippen LogP contribution is -2.47. The molecule has 0 saturated carbocycles. The minimum absolute atomic E-state index is 0.0734. The smallest absolute Gasteiger partial charge is 0.465 e. The van der Waals surface area contributed by atoms with E-state index in [1.54, 1.807) is 6.20 Å². The maximum absolute atomic E-state index is 11.1. The normalized spacial score (nSPS) is 23.4. The number of nitrogens with zero attached hydrogens (tertiary/aromatic N) is 2. The number of fused-ring (bicyclic) bond motifs is 1. The van der Waals surface area contributed by atoms with Crippen molar-refractivity contribution in [3.8, 4) is 0 Å². The van der Waals surface area contributed by atoms with Crippen molar-refractivity contribution in [2.24, 2.45) is 0 Å². The highest BCUT2D eigenvalue weighted by Crippen LogP contribution is 2.37. The fourth-order valence-corrected chi connectivity index (χ4v) is 4.04. The summed E-state index contributed by atoms with van der Waals surface area (Å²) in [6.07, 6.45) is 2.62. The Labute approximate surface area is 171 Å². The zero-order chi connectivity index (χ0) is 20.8. The second-order valence-corrected chi connectivity index (χ2v) is 8.93. The largest absolute Gasteiger partial charge is 0.494 e. The highest BCUT2D eigenvalue weighted by molar-refractivity contribution is 6.62. The zero-order valence-corrected chi connectivity index (χ0v) is 17.4. The van der Waals surface area contributed by atoms with E-state index in [0.29, 0.717) is 6.54 Å². The number of aromatic nitrogens is 1. The minimum atomic E-state index is -0.973. The molecule has 8 heteroatoms. The van der Waals surface area contributed by atoms with Gasteiger partial charge in [-0.15, -0.1) is 0 Å². The monoisotopic (exact) mass is 397 g/mol. The second kappa shape index (κ2) is 7.18. The molecule has 2 aliphatic rings. The first-order chi connectivity index (χ1) is 13.7. The summed E-state index contributed by atoms with van der Waals surface area (Å²) in [4.78, 5) is 17.8. The lowest BCUT2D eigenvalue weighted by atomic mass is 9.78.